The van der Waals surface area contributed by atoms with Crippen molar-refractivity contribution in [1.29, 1.82) is 0 Å². The second-order valence-corrected chi connectivity index (χ2v) is 7.97. The van der Waals surface area contributed by atoms with Gasteiger partial charge in [0.05, 0.1) is 11.8 Å². The summed E-state index contributed by atoms with van der Waals surface area (Å²) in [4.78, 5) is 12.1. The number of nitrogens with one attached hydrogen (secondary N) is 1. The minimum absolute atomic E-state index is 0.140. The third kappa shape index (κ3) is 5.77. The molecule has 0 saturated carbocycles. The fourth-order valence-corrected chi connectivity index (χ4v) is 2.95. The van der Waals surface area contributed by atoms with Crippen molar-refractivity contribution in [3.05, 3.63) is 71.5 Å². The molecule has 0 fully saturated rings. The molecular formula is C18H20FNO3S. The molecule has 24 heavy (non-hydrogen) atoms. The van der Waals surface area contributed by atoms with Gasteiger partial charge in [-0.15, -0.1) is 0 Å². The Morgan fingerprint density at radius 1 is 1.08 bits per heavy atom. The zero-order valence-electron chi connectivity index (χ0n) is 13.4. The summed E-state index contributed by atoms with van der Waals surface area (Å²) in [5.74, 6) is -1.04. The van der Waals surface area contributed by atoms with Crippen LogP contribution in [-0.2, 0) is 21.1 Å². The van der Waals surface area contributed by atoms with Gasteiger partial charge in [-0.1, -0.05) is 48.5 Å². The van der Waals surface area contributed by atoms with Gasteiger partial charge in [0, 0.05) is 18.2 Å². The topological polar surface area (TPSA) is 63.2 Å². The summed E-state index contributed by atoms with van der Waals surface area (Å²) in [5, 5.41) is 2.75. The summed E-state index contributed by atoms with van der Waals surface area (Å²) in [6, 6.07) is 15.1. The van der Waals surface area contributed by atoms with E-state index in [2.05, 4.69) is 5.32 Å². The van der Waals surface area contributed by atoms with Crippen molar-refractivity contribution in [2.45, 2.75) is 18.9 Å². The molecule has 0 heterocycles. The van der Waals surface area contributed by atoms with Crippen LogP contribution in [0.15, 0.2) is 54.6 Å². The van der Waals surface area contributed by atoms with Crippen LogP contribution in [0.5, 0.6) is 0 Å². The Labute approximate surface area is 141 Å². The Hall–Kier alpha value is -2.21. The lowest BCUT2D eigenvalue weighted by atomic mass is 9.98. The number of carbonyl (C=O) groups is 1. The Kier molecular flexibility index (Phi) is 6.09. The molecule has 6 heteroatoms. The minimum atomic E-state index is -3.22. The number of carbonyl (C=O) groups excluding carboxylic acids is 1. The molecule has 0 aromatic heterocycles. The van der Waals surface area contributed by atoms with Crippen molar-refractivity contribution in [2.24, 2.45) is 0 Å². The average Bonchev–Trinajstić information content (AvgIpc) is 2.53. The SMILES string of the molecule is CS(=O)(=O)CCC(=O)N[C@H](Cc1ccccc1)c1ccccc1F. The third-order valence-corrected chi connectivity index (χ3v) is 4.54. The van der Waals surface area contributed by atoms with E-state index >= 15 is 0 Å². The zero-order valence-corrected chi connectivity index (χ0v) is 14.2. The van der Waals surface area contributed by atoms with Gasteiger partial charge in [0.25, 0.3) is 0 Å². The molecule has 2 rings (SSSR count). The van der Waals surface area contributed by atoms with E-state index in [1.807, 2.05) is 30.3 Å². The molecule has 2 aromatic rings. The number of rotatable bonds is 7. The Morgan fingerprint density at radius 3 is 2.33 bits per heavy atom. The molecule has 0 aliphatic carbocycles. The first kappa shape index (κ1) is 18.1. The summed E-state index contributed by atoms with van der Waals surface area (Å²) in [7, 11) is -3.22. The van der Waals surface area contributed by atoms with Gasteiger partial charge < -0.3 is 5.32 Å². The van der Waals surface area contributed by atoms with E-state index in [1.165, 1.54) is 6.07 Å². The summed E-state index contributed by atoms with van der Waals surface area (Å²) in [5.41, 5.74) is 1.34. The first-order valence-corrected chi connectivity index (χ1v) is 9.66. The average molecular weight is 349 g/mol. The fourth-order valence-electron chi connectivity index (χ4n) is 2.39. The normalized spacial score (nSPS) is 12.6. The number of benzene rings is 2. The van der Waals surface area contributed by atoms with Crippen molar-refractivity contribution in [1.82, 2.24) is 5.32 Å². The van der Waals surface area contributed by atoms with Crippen LogP contribution in [0, 0.1) is 5.82 Å². The maximum Gasteiger partial charge on any atom is 0.221 e. The molecule has 1 amide bonds. The molecule has 0 unspecified atom stereocenters. The van der Waals surface area contributed by atoms with E-state index in [0.29, 0.717) is 12.0 Å². The molecule has 0 saturated heterocycles. The van der Waals surface area contributed by atoms with Crippen LogP contribution >= 0.6 is 0 Å². The van der Waals surface area contributed by atoms with Gasteiger partial charge in [0.2, 0.25) is 5.91 Å². The van der Waals surface area contributed by atoms with Crippen LogP contribution in [0.2, 0.25) is 0 Å². The summed E-state index contributed by atoms with van der Waals surface area (Å²) in [6.07, 6.45) is 1.36. The summed E-state index contributed by atoms with van der Waals surface area (Å²) < 4.78 is 36.5. The standard InChI is InChI=1S/C18H20FNO3S/c1-24(22,23)12-11-18(21)20-17(13-14-7-3-2-4-8-14)15-9-5-6-10-16(15)19/h2-10,17H,11-13H2,1H3,(H,20,21)/t17-/m1/s1. The van der Waals surface area contributed by atoms with Crippen molar-refractivity contribution in [3.63, 3.8) is 0 Å². The highest BCUT2D eigenvalue weighted by Crippen LogP contribution is 2.21. The second kappa shape index (κ2) is 8.06. The van der Waals surface area contributed by atoms with Crippen LogP contribution in [0.3, 0.4) is 0 Å². The Morgan fingerprint density at radius 2 is 1.71 bits per heavy atom. The highest BCUT2D eigenvalue weighted by Gasteiger charge is 2.19. The van der Waals surface area contributed by atoms with E-state index in [1.54, 1.807) is 18.2 Å². The fraction of sp³-hybridized carbons (Fsp3) is 0.278. The summed E-state index contributed by atoms with van der Waals surface area (Å²) in [6.45, 7) is 0. The van der Waals surface area contributed by atoms with E-state index in [0.717, 1.165) is 11.8 Å². The predicted molar refractivity (Wildman–Crippen MR) is 91.8 cm³/mol. The largest absolute Gasteiger partial charge is 0.349 e. The van der Waals surface area contributed by atoms with Gasteiger partial charge >= 0.3 is 0 Å². The van der Waals surface area contributed by atoms with E-state index in [9.17, 15) is 17.6 Å². The van der Waals surface area contributed by atoms with Gasteiger partial charge in [-0.3, -0.25) is 4.79 Å². The predicted octanol–water partition coefficient (Wildman–Crippen LogP) is 2.66. The highest BCUT2D eigenvalue weighted by atomic mass is 32.2. The van der Waals surface area contributed by atoms with Crippen LogP contribution in [-0.4, -0.2) is 26.3 Å². The number of hydrogen-bond acceptors (Lipinski definition) is 3. The van der Waals surface area contributed by atoms with E-state index in [-0.39, 0.29) is 12.2 Å². The second-order valence-electron chi connectivity index (χ2n) is 5.71. The lowest BCUT2D eigenvalue weighted by molar-refractivity contribution is -0.121. The lowest BCUT2D eigenvalue weighted by Crippen LogP contribution is -2.31. The molecule has 0 spiro atoms. The molecule has 1 N–H and O–H groups in total. The van der Waals surface area contributed by atoms with Gasteiger partial charge in [0.15, 0.2) is 0 Å². The zero-order chi connectivity index (χ0) is 17.6. The van der Waals surface area contributed by atoms with Crippen molar-refractivity contribution >= 4 is 15.7 Å². The maximum absolute atomic E-state index is 14.1. The molecule has 1 atom stereocenters. The van der Waals surface area contributed by atoms with Gasteiger partial charge in [-0.05, 0) is 18.1 Å². The van der Waals surface area contributed by atoms with Crippen LogP contribution in [0.4, 0.5) is 4.39 Å². The minimum Gasteiger partial charge on any atom is -0.349 e. The van der Waals surface area contributed by atoms with Gasteiger partial charge in [-0.25, -0.2) is 12.8 Å². The van der Waals surface area contributed by atoms with E-state index in [4.69, 9.17) is 0 Å². The lowest BCUT2D eigenvalue weighted by Gasteiger charge is -2.20. The van der Waals surface area contributed by atoms with Crippen LogP contribution in [0.1, 0.15) is 23.6 Å². The quantitative estimate of drug-likeness (QED) is 0.836. The first-order valence-electron chi connectivity index (χ1n) is 7.60. The van der Waals surface area contributed by atoms with Crippen molar-refractivity contribution in [2.75, 3.05) is 12.0 Å². The molecule has 2 aromatic carbocycles. The van der Waals surface area contributed by atoms with Gasteiger partial charge in [0.1, 0.15) is 15.7 Å². The number of amides is 1. The molecule has 4 nitrogen and oxygen atoms in total. The number of halogens is 1. The molecule has 0 radical (unpaired) electrons. The molecular weight excluding hydrogens is 329 g/mol. The monoisotopic (exact) mass is 349 g/mol. The van der Waals surface area contributed by atoms with Crippen molar-refractivity contribution in [3.8, 4) is 0 Å². The van der Waals surface area contributed by atoms with Crippen LogP contribution in [0.25, 0.3) is 0 Å². The maximum atomic E-state index is 14.1. The summed E-state index contributed by atoms with van der Waals surface area (Å²) >= 11 is 0. The first-order chi connectivity index (χ1) is 11.3. The van der Waals surface area contributed by atoms with Gasteiger partial charge in [-0.2, -0.15) is 0 Å². The number of hydrogen-bond donors (Lipinski definition) is 1. The van der Waals surface area contributed by atoms with Crippen LogP contribution < -0.4 is 5.32 Å². The Balaban J connectivity index is 2.17. The number of sulfone groups is 1. The Bertz CT molecular complexity index is 791. The van der Waals surface area contributed by atoms with Crippen molar-refractivity contribution < 1.29 is 17.6 Å². The molecule has 0 bridgehead atoms. The molecule has 0 aliphatic heterocycles. The molecule has 0 aliphatic rings. The third-order valence-electron chi connectivity index (χ3n) is 3.60. The smallest absolute Gasteiger partial charge is 0.221 e. The molecule has 128 valence electrons. The highest BCUT2D eigenvalue weighted by molar-refractivity contribution is 7.90. The van der Waals surface area contributed by atoms with E-state index < -0.39 is 27.6 Å².